The Bertz CT molecular complexity index is 480. The maximum atomic E-state index is 5.78. The van der Waals surface area contributed by atoms with Crippen LogP contribution in [0.5, 0.6) is 0 Å². The van der Waals surface area contributed by atoms with E-state index in [1.54, 1.807) is 0 Å². The molecule has 78 valence electrons. The molecule has 0 atom stereocenters. The van der Waals surface area contributed by atoms with Gasteiger partial charge in [-0.05, 0) is 48.5 Å². The third-order valence-corrected chi connectivity index (χ3v) is 2.36. The molecule has 0 spiro atoms. The molecule has 1 nitrogen and oxygen atoms in total. The molecular formula is C14H10ClN. The minimum Gasteiger partial charge on any atom is -0.399 e. The zero-order chi connectivity index (χ0) is 11.4. The van der Waals surface area contributed by atoms with Gasteiger partial charge in [0.15, 0.2) is 0 Å². The van der Waals surface area contributed by atoms with E-state index in [1.165, 1.54) is 0 Å². The lowest BCUT2D eigenvalue weighted by Gasteiger charge is -1.92. The van der Waals surface area contributed by atoms with E-state index in [9.17, 15) is 0 Å². The molecule has 0 saturated heterocycles. The largest absolute Gasteiger partial charge is 0.399 e. The summed E-state index contributed by atoms with van der Waals surface area (Å²) in [5, 5.41) is 0.720. The zero-order valence-corrected chi connectivity index (χ0v) is 9.33. The number of hydrogen-bond acceptors (Lipinski definition) is 1. The first-order valence-electron chi connectivity index (χ1n) is 4.87. The third-order valence-electron chi connectivity index (χ3n) is 2.11. The van der Waals surface area contributed by atoms with Gasteiger partial charge in [0.05, 0.1) is 0 Å². The quantitative estimate of drug-likeness (QED) is 0.542. The first-order valence-corrected chi connectivity index (χ1v) is 5.25. The Balaban J connectivity index is 2.21. The van der Waals surface area contributed by atoms with Crippen LogP contribution in [-0.4, -0.2) is 0 Å². The molecule has 0 bridgehead atoms. The maximum Gasteiger partial charge on any atom is 0.0406 e. The molecule has 2 aromatic rings. The summed E-state index contributed by atoms with van der Waals surface area (Å²) in [6.45, 7) is 0. The highest BCUT2D eigenvalue weighted by Gasteiger charge is 1.88. The molecule has 0 aliphatic rings. The fourth-order valence-electron chi connectivity index (χ4n) is 1.24. The second kappa shape index (κ2) is 4.74. The molecule has 2 aromatic carbocycles. The number of halogens is 1. The summed E-state index contributed by atoms with van der Waals surface area (Å²) in [5.41, 5.74) is 8.23. The average Bonchev–Trinajstić information content (AvgIpc) is 2.30. The van der Waals surface area contributed by atoms with E-state index in [0.717, 1.165) is 21.8 Å². The van der Waals surface area contributed by atoms with Crippen LogP contribution in [0.2, 0.25) is 5.02 Å². The number of nitrogens with two attached hydrogens (primary N) is 1. The number of rotatable bonds is 0. The van der Waals surface area contributed by atoms with Gasteiger partial charge < -0.3 is 5.73 Å². The molecule has 0 aliphatic carbocycles. The predicted octanol–water partition coefficient (Wildman–Crippen LogP) is 3.32. The van der Waals surface area contributed by atoms with Gasteiger partial charge in [-0.25, -0.2) is 0 Å². The lowest BCUT2D eigenvalue weighted by atomic mass is 10.2. The number of hydrogen-bond donors (Lipinski definition) is 1. The average molecular weight is 228 g/mol. The van der Waals surface area contributed by atoms with Crippen LogP contribution in [0, 0.1) is 11.8 Å². The molecule has 0 unspecified atom stereocenters. The van der Waals surface area contributed by atoms with Gasteiger partial charge in [-0.1, -0.05) is 23.4 Å². The molecule has 0 saturated carbocycles. The van der Waals surface area contributed by atoms with Crippen molar-refractivity contribution in [2.75, 3.05) is 5.73 Å². The Morgan fingerprint density at radius 2 is 1.19 bits per heavy atom. The summed E-state index contributed by atoms with van der Waals surface area (Å²) in [7, 11) is 0. The van der Waals surface area contributed by atoms with E-state index in [4.69, 9.17) is 17.3 Å². The van der Waals surface area contributed by atoms with E-state index in [-0.39, 0.29) is 0 Å². The van der Waals surface area contributed by atoms with Crippen LogP contribution in [0.4, 0.5) is 5.69 Å². The van der Waals surface area contributed by atoms with Crippen molar-refractivity contribution >= 4 is 17.3 Å². The van der Waals surface area contributed by atoms with Crippen LogP contribution < -0.4 is 5.73 Å². The second-order valence-corrected chi connectivity index (χ2v) is 3.82. The second-order valence-electron chi connectivity index (χ2n) is 3.38. The Hall–Kier alpha value is -1.91. The summed E-state index contributed by atoms with van der Waals surface area (Å²) in [5.74, 6) is 6.12. The lowest BCUT2D eigenvalue weighted by Crippen LogP contribution is -1.83. The van der Waals surface area contributed by atoms with Crippen LogP contribution in [-0.2, 0) is 0 Å². The maximum absolute atomic E-state index is 5.78. The molecule has 0 fully saturated rings. The van der Waals surface area contributed by atoms with Crippen molar-refractivity contribution in [2.24, 2.45) is 0 Å². The van der Waals surface area contributed by atoms with Gasteiger partial charge in [-0.2, -0.15) is 0 Å². The van der Waals surface area contributed by atoms with E-state index in [0.29, 0.717) is 0 Å². The smallest absolute Gasteiger partial charge is 0.0406 e. The summed E-state index contributed by atoms with van der Waals surface area (Å²) in [6, 6.07) is 14.9. The van der Waals surface area contributed by atoms with Gasteiger partial charge in [-0.3, -0.25) is 0 Å². The summed E-state index contributed by atoms with van der Waals surface area (Å²) in [4.78, 5) is 0. The molecule has 2 N–H and O–H groups in total. The summed E-state index contributed by atoms with van der Waals surface area (Å²) in [6.07, 6.45) is 0. The van der Waals surface area contributed by atoms with Crippen molar-refractivity contribution in [3.05, 3.63) is 64.7 Å². The van der Waals surface area contributed by atoms with Gasteiger partial charge in [-0.15, -0.1) is 0 Å². The molecule has 2 heteroatoms. The highest BCUT2D eigenvalue weighted by molar-refractivity contribution is 6.30. The van der Waals surface area contributed by atoms with Gasteiger partial charge >= 0.3 is 0 Å². The lowest BCUT2D eigenvalue weighted by molar-refractivity contribution is 1.62. The minimum absolute atomic E-state index is 0.720. The standard InChI is InChI=1S/C14H10ClN/c15-13-7-3-11(4-8-13)1-2-12-5-9-14(16)10-6-12/h3-10H,16H2. The molecular weight excluding hydrogens is 218 g/mol. The molecule has 0 aromatic heterocycles. The predicted molar refractivity (Wildman–Crippen MR) is 68.3 cm³/mol. The van der Waals surface area contributed by atoms with Crippen molar-refractivity contribution in [3.8, 4) is 11.8 Å². The highest BCUT2D eigenvalue weighted by atomic mass is 35.5. The topological polar surface area (TPSA) is 26.0 Å². The van der Waals surface area contributed by atoms with Crippen LogP contribution >= 0.6 is 11.6 Å². The monoisotopic (exact) mass is 227 g/mol. The Labute approximate surface area is 99.9 Å². The number of nitrogen functional groups attached to an aromatic ring is 1. The van der Waals surface area contributed by atoms with Crippen molar-refractivity contribution in [1.29, 1.82) is 0 Å². The van der Waals surface area contributed by atoms with E-state index in [1.807, 2.05) is 48.5 Å². The molecule has 0 radical (unpaired) electrons. The van der Waals surface area contributed by atoms with Crippen molar-refractivity contribution < 1.29 is 0 Å². The molecule has 2 rings (SSSR count). The summed E-state index contributed by atoms with van der Waals surface area (Å²) < 4.78 is 0. The van der Waals surface area contributed by atoms with Crippen molar-refractivity contribution in [3.63, 3.8) is 0 Å². The number of benzene rings is 2. The SMILES string of the molecule is Nc1ccc(C#Cc2ccc(Cl)cc2)cc1. The van der Waals surface area contributed by atoms with Gasteiger partial charge in [0.2, 0.25) is 0 Å². The Morgan fingerprint density at radius 3 is 1.69 bits per heavy atom. The first kappa shape index (κ1) is 10.6. The minimum atomic E-state index is 0.720. The van der Waals surface area contributed by atoms with Crippen molar-refractivity contribution in [1.82, 2.24) is 0 Å². The normalized spacial score (nSPS) is 9.31. The van der Waals surface area contributed by atoms with Gasteiger partial charge in [0.25, 0.3) is 0 Å². The highest BCUT2D eigenvalue weighted by Crippen LogP contribution is 2.09. The van der Waals surface area contributed by atoms with E-state index in [2.05, 4.69) is 11.8 Å². The van der Waals surface area contributed by atoms with Crippen LogP contribution in [0.25, 0.3) is 0 Å². The van der Waals surface area contributed by atoms with Gasteiger partial charge in [0.1, 0.15) is 0 Å². The Kier molecular flexibility index (Phi) is 3.14. The third kappa shape index (κ3) is 2.79. The van der Waals surface area contributed by atoms with E-state index >= 15 is 0 Å². The van der Waals surface area contributed by atoms with Crippen molar-refractivity contribution in [2.45, 2.75) is 0 Å². The molecule has 0 aliphatic heterocycles. The van der Waals surface area contributed by atoms with E-state index < -0.39 is 0 Å². The number of anilines is 1. The van der Waals surface area contributed by atoms with Crippen LogP contribution in [0.1, 0.15) is 11.1 Å². The molecule has 0 amide bonds. The Morgan fingerprint density at radius 1 is 0.750 bits per heavy atom. The fraction of sp³-hybridized carbons (Fsp3) is 0. The molecule has 0 heterocycles. The van der Waals surface area contributed by atoms with Gasteiger partial charge in [0, 0.05) is 21.8 Å². The summed E-state index contributed by atoms with van der Waals surface area (Å²) >= 11 is 5.78. The van der Waals surface area contributed by atoms with Crippen LogP contribution in [0.3, 0.4) is 0 Å². The first-order chi connectivity index (χ1) is 7.74. The fourth-order valence-corrected chi connectivity index (χ4v) is 1.37. The zero-order valence-electron chi connectivity index (χ0n) is 8.57. The van der Waals surface area contributed by atoms with Crippen LogP contribution in [0.15, 0.2) is 48.5 Å². The molecule has 16 heavy (non-hydrogen) atoms.